The quantitative estimate of drug-likeness (QED) is 0.477. The number of fused-ring (bicyclic) bond motifs is 3. The predicted molar refractivity (Wildman–Crippen MR) is 149 cm³/mol. The minimum Gasteiger partial charge on any atom is -0.444 e. The van der Waals surface area contributed by atoms with Crippen LogP contribution in [0.2, 0.25) is 0 Å². The third kappa shape index (κ3) is 6.10. The highest BCUT2D eigenvalue weighted by Crippen LogP contribution is 2.45. The van der Waals surface area contributed by atoms with E-state index in [0.717, 1.165) is 37.7 Å². The molecule has 0 bridgehead atoms. The van der Waals surface area contributed by atoms with Gasteiger partial charge in [-0.05, 0) is 43.7 Å². The van der Waals surface area contributed by atoms with Crippen molar-refractivity contribution in [3.8, 4) is 0 Å². The average Bonchev–Trinajstić information content (AvgIpc) is 3.26. The van der Waals surface area contributed by atoms with Gasteiger partial charge in [0.1, 0.15) is 23.5 Å². The SMILES string of the molecule is CCCNC(=O)[C@@]12C[C@H]1C=CCCCCC[C@H](N)C(=O)N1C[C@H](OC(=O)N3Cc4cccc(F)c4C3)C[C@H]1C(=O)N2. The first-order valence-corrected chi connectivity index (χ1v) is 14.8. The highest BCUT2D eigenvalue weighted by molar-refractivity contribution is 5.98. The van der Waals surface area contributed by atoms with Crippen LogP contribution in [0.5, 0.6) is 0 Å². The number of rotatable bonds is 4. The number of amides is 4. The summed E-state index contributed by atoms with van der Waals surface area (Å²) in [5, 5.41) is 5.88. The molecule has 1 saturated heterocycles. The lowest BCUT2D eigenvalue weighted by atomic mass is 10.1. The first-order valence-electron chi connectivity index (χ1n) is 14.8. The maximum atomic E-state index is 14.2. The van der Waals surface area contributed by atoms with Gasteiger partial charge in [-0.15, -0.1) is 0 Å². The van der Waals surface area contributed by atoms with E-state index in [1.54, 1.807) is 12.1 Å². The van der Waals surface area contributed by atoms with Gasteiger partial charge in [0, 0.05) is 31.0 Å². The molecule has 11 heteroatoms. The summed E-state index contributed by atoms with van der Waals surface area (Å²) in [6.07, 6.45) is 8.01. The first kappa shape index (κ1) is 29.0. The standard InChI is InChI=1S/C30H40FN5O5/c1-2-13-33-28(39)30-15-20(30)10-6-4-3-5-7-12-24(32)27(38)36-17-21(14-25(36)26(37)34-30)41-29(40)35-16-19-9-8-11-23(31)22(19)18-35/h6,8-11,20-21,24-25H,2-5,7,12-18,32H2,1H3,(H,33,39)(H,34,37)/t20-,21-,24+,25+,30-/m1/s1. The summed E-state index contributed by atoms with van der Waals surface area (Å²) in [6, 6.07) is 3.01. The molecule has 0 radical (unpaired) electrons. The van der Waals surface area contributed by atoms with Crippen LogP contribution in [0.3, 0.4) is 0 Å². The molecule has 10 nitrogen and oxygen atoms in total. The summed E-state index contributed by atoms with van der Waals surface area (Å²) in [7, 11) is 0. The summed E-state index contributed by atoms with van der Waals surface area (Å²) in [5.74, 6) is -1.57. The van der Waals surface area contributed by atoms with Crippen molar-refractivity contribution < 1.29 is 28.3 Å². The van der Waals surface area contributed by atoms with Crippen LogP contribution in [0.15, 0.2) is 30.4 Å². The maximum Gasteiger partial charge on any atom is 0.410 e. The fraction of sp³-hybridized carbons (Fsp3) is 0.600. The minimum absolute atomic E-state index is 0.0177. The first-order chi connectivity index (χ1) is 19.7. The van der Waals surface area contributed by atoms with Crippen LogP contribution in [0.1, 0.15) is 69.4 Å². The molecule has 1 aromatic carbocycles. The van der Waals surface area contributed by atoms with Gasteiger partial charge in [-0.25, -0.2) is 9.18 Å². The van der Waals surface area contributed by atoms with Crippen LogP contribution in [-0.4, -0.2) is 70.4 Å². The van der Waals surface area contributed by atoms with E-state index in [2.05, 4.69) is 16.7 Å². The minimum atomic E-state index is -1.07. The number of ether oxygens (including phenoxy) is 1. The highest BCUT2D eigenvalue weighted by atomic mass is 19.1. The molecule has 4 amide bonds. The van der Waals surface area contributed by atoms with E-state index in [1.165, 1.54) is 15.9 Å². The van der Waals surface area contributed by atoms with Crippen molar-refractivity contribution in [1.82, 2.24) is 20.4 Å². The zero-order chi connectivity index (χ0) is 29.1. The van der Waals surface area contributed by atoms with Crippen LogP contribution in [0.4, 0.5) is 9.18 Å². The van der Waals surface area contributed by atoms with Gasteiger partial charge >= 0.3 is 6.09 Å². The van der Waals surface area contributed by atoms with Crippen molar-refractivity contribution >= 4 is 23.8 Å². The number of halogens is 1. The molecule has 1 aromatic rings. The molecule has 3 heterocycles. The van der Waals surface area contributed by atoms with E-state index in [9.17, 15) is 23.6 Å². The van der Waals surface area contributed by atoms with Crippen molar-refractivity contribution in [3.63, 3.8) is 0 Å². The summed E-state index contributed by atoms with van der Waals surface area (Å²) in [6.45, 7) is 2.79. The van der Waals surface area contributed by atoms with Gasteiger partial charge in [0.25, 0.3) is 0 Å². The number of carbonyl (C=O) groups excluding carboxylic acids is 4. The molecule has 1 aliphatic carbocycles. The Morgan fingerprint density at radius 2 is 2.05 bits per heavy atom. The molecule has 0 unspecified atom stereocenters. The number of nitrogens with two attached hydrogens (primary N) is 1. The van der Waals surface area contributed by atoms with Crippen molar-refractivity contribution in [2.45, 2.75) is 95.1 Å². The Labute approximate surface area is 239 Å². The molecular formula is C30H40FN5O5. The maximum absolute atomic E-state index is 14.2. The van der Waals surface area contributed by atoms with Crippen LogP contribution in [0, 0.1) is 11.7 Å². The molecule has 5 rings (SSSR count). The molecule has 5 atom stereocenters. The van der Waals surface area contributed by atoms with Gasteiger partial charge in [-0.3, -0.25) is 19.3 Å². The number of nitrogens with one attached hydrogen (secondary N) is 2. The van der Waals surface area contributed by atoms with Crippen molar-refractivity contribution in [2.24, 2.45) is 11.7 Å². The Morgan fingerprint density at radius 3 is 2.83 bits per heavy atom. The van der Waals surface area contributed by atoms with Crippen LogP contribution < -0.4 is 16.4 Å². The van der Waals surface area contributed by atoms with Gasteiger partial charge < -0.3 is 26.0 Å². The van der Waals surface area contributed by atoms with Gasteiger partial charge in [0.15, 0.2) is 0 Å². The van der Waals surface area contributed by atoms with E-state index in [-0.39, 0.29) is 49.6 Å². The lowest BCUT2D eigenvalue weighted by molar-refractivity contribution is -0.140. The van der Waals surface area contributed by atoms with Crippen molar-refractivity contribution in [2.75, 3.05) is 13.1 Å². The van der Waals surface area contributed by atoms with Crippen LogP contribution in [-0.2, 0) is 32.2 Å². The van der Waals surface area contributed by atoms with E-state index in [1.807, 2.05) is 13.0 Å². The lowest BCUT2D eigenvalue weighted by Gasteiger charge is -2.28. The Bertz CT molecular complexity index is 1220. The second-order valence-corrected chi connectivity index (χ2v) is 11.7. The predicted octanol–water partition coefficient (Wildman–Crippen LogP) is 2.50. The number of nitrogens with zero attached hydrogens (tertiary/aromatic N) is 2. The molecule has 2 fully saturated rings. The van der Waals surface area contributed by atoms with Gasteiger partial charge in [0.05, 0.1) is 19.1 Å². The van der Waals surface area contributed by atoms with E-state index >= 15 is 0 Å². The monoisotopic (exact) mass is 569 g/mol. The molecular weight excluding hydrogens is 529 g/mol. The molecule has 3 aliphatic heterocycles. The Morgan fingerprint density at radius 1 is 1.22 bits per heavy atom. The van der Waals surface area contributed by atoms with Crippen LogP contribution >= 0.6 is 0 Å². The Kier molecular flexibility index (Phi) is 8.63. The number of hydrogen-bond donors (Lipinski definition) is 3. The fourth-order valence-corrected chi connectivity index (χ4v) is 6.18. The molecule has 222 valence electrons. The molecule has 41 heavy (non-hydrogen) atoms. The van der Waals surface area contributed by atoms with E-state index in [0.29, 0.717) is 24.9 Å². The zero-order valence-corrected chi connectivity index (χ0v) is 23.6. The Balaban J connectivity index is 1.32. The average molecular weight is 570 g/mol. The van der Waals surface area contributed by atoms with E-state index in [4.69, 9.17) is 10.5 Å². The normalized spacial score (nSPS) is 29.9. The molecule has 4 N–H and O–H groups in total. The number of carbonyl (C=O) groups is 4. The fourth-order valence-electron chi connectivity index (χ4n) is 6.18. The van der Waals surface area contributed by atoms with Gasteiger partial charge in [0.2, 0.25) is 17.7 Å². The number of hydrogen-bond acceptors (Lipinski definition) is 6. The summed E-state index contributed by atoms with van der Waals surface area (Å²) in [5.41, 5.74) is 6.40. The summed E-state index contributed by atoms with van der Waals surface area (Å²) >= 11 is 0. The molecule has 4 aliphatic rings. The van der Waals surface area contributed by atoms with Crippen LogP contribution in [0.25, 0.3) is 0 Å². The second kappa shape index (κ2) is 12.2. The zero-order valence-electron chi connectivity index (χ0n) is 23.6. The van der Waals surface area contributed by atoms with Gasteiger partial charge in [-0.2, -0.15) is 0 Å². The molecule has 0 spiro atoms. The third-order valence-electron chi connectivity index (χ3n) is 8.67. The number of benzene rings is 1. The molecule has 0 aromatic heterocycles. The summed E-state index contributed by atoms with van der Waals surface area (Å²) in [4.78, 5) is 56.3. The number of allylic oxidation sites excluding steroid dienone is 1. The van der Waals surface area contributed by atoms with Crippen molar-refractivity contribution in [3.05, 3.63) is 47.3 Å². The smallest absolute Gasteiger partial charge is 0.410 e. The van der Waals surface area contributed by atoms with Crippen molar-refractivity contribution in [1.29, 1.82) is 0 Å². The second-order valence-electron chi connectivity index (χ2n) is 11.7. The Hall–Kier alpha value is -3.47. The topological polar surface area (TPSA) is 134 Å². The summed E-state index contributed by atoms with van der Waals surface area (Å²) < 4.78 is 20.0. The largest absolute Gasteiger partial charge is 0.444 e. The van der Waals surface area contributed by atoms with Gasteiger partial charge in [-0.1, -0.05) is 44.1 Å². The third-order valence-corrected chi connectivity index (χ3v) is 8.67. The lowest BCUT2D eigenvalue weighted by Crippen LogP contribution is -2.57. The molecule has 1 saturated carbocycles. The highest BCUT2D eigenvalue weighted by Gasteiger charge is 2.60. The van der Waals surface area contributed by atoms with E-state index < -0.39 is 35.7 Å².